The zero-order valence-corrected chi connectivity index (χ0v) is 17.2. The molecule has 0 aromatic heterocycles. The SMILES string of the molecule is Cl.O=C(CCCOc1ccc(Cl)cc1Cl)N1CCC(NCC2CC2)CC1. The van der Waals surface area contributed by atoms with Gasteiger partial charge in [0.05, 0.1) is 11.6 Å². The molecule has 0 radical (unpaired) electrons. The molecule has 1 N–H and O–H groups in total. The third-order valence-electron chi connectivity index (χ3n) is 4.93. The average Bonchev–Trinajstić information content (AvgIpc) is 3.43. The van der Waals surface area contributed by atoms with Crippen molar-refractivity contribution in [3.05, 3.63) is 28.2 Å². The Morgan fingerprint density at radius 1 is 1.19 bits per heavy atom. The Balaban J connectivity index is 0.00000243. The maximum Gasteiger partial charge on any atom is 0.222 e. The van der Waals surface area contributed by atoms with Crippen LogP contribution in [0.25, 0.3) is 0 Å². The molecular weight excluding hydrogens is 395 g/mol. The smallest absolute Gasteiger partial charge is 0.222 e. The first kappa shape index (κ1) is 21.6. The standard InChI is InChI=1S/C19H26Cl2N2O2.ClH/c20-15-5-6-18(17(21)12-15)25-11-1-2-19(24)23-9-7-16(8-10-23)22-13-14-3-4-14;/h5-6,12,14,16,22H,1-4,7-11,13H2;1H. The Hall–Kier alpha value is -0.680. The summed E-state index contributed by atoms with van der Waals surface area (Å²) >= 11 is 11.9. The molecule has 0 unspecified atom stereocenters. The van der Waals surface area contributed by atoms with Crippen molar-refractivity contribution in [2.45, 2.75) is 44.6 Å². The Morgan fingerprint density at radius 2 is 1.92 bits per heavy atom. The number of amides is 1. The number of hydrogen-bond acceptors (Lipinski definition) is 3. The van der Waals surface area contributed by atoms with E-state index in [9.17, 15) is 4.79 Å². The number of hydrogen-bond donors (Lipinski definition) is 1. The van der Waals surface area contributed by atoms with Crippen LogP contribution >= 0.6 is 35.6 Å². The highest BCUT2D eigenvalue weighted by atomic mass is 35.5. The van der Waals surface area contributed by atoms with Crippen molar-refractivity contribution < 1.29 is 9.53 Å². The molecule has 3 rings (SSSR count). The summed E-state index contributed by atoms with van der Waals surface area (Å²) in [6.45, 7) is 3.37. The number of ether oxygens (including phenoxy) is 1. The van der Waals surface area contributed by atoms with Gasteiger partial charge in [-0.1, -0.05) is 23.2 Å². The maximum absolute atomic E-state index is 12.3. The summed E-state index contributed by atoms with van der Waals surface area (Å²) in [6, 6.07) is 5.74. The predicted molar refractivity (Wildman–Crippen MR) is 109 cm³/mol. The van der Waals surface area contributed by atoms with Gasteiger partial charge in [-0.3, -0.25) is 4.79 Å². The van der Waals surface area contributed by atoms with Crippen LogP contribution in [0, 0.1) is 5.92 Å². The van der Waals surface area contributed by atoms with E-state index < -0.39 is 0 Å². The van der Waals surface area contributed by atoms with E-state index in [2.05, 4.69) is 5.32 Å². The summed E-state index contributed by atoms with van der Waals surface area (Å²) < 4.78 is 5.64. The molecule has 1 aliphatic carbocycles. The summed E-state index contributed by atoms with van der Waals surface area (Å²) in [5.41, 5.74) is 0. The molecule has 1 amide bonds. The van der Waals surface area contributed by atoms with Gasteiger partial charge in [0.1, 0.15) is 5.75 Å². The van der Waals surface area contributed by atoms with Gasteiger partial charge < -0.3 is 15.0 Å². The Labute approximate surface area is 172 Å². The number of nitrogens with zero attached hydrogens (tertiary/aromatic N) is 1. The highest BCUT2D eigenvalue weighted by Crippen LogP contribution is 2.28. The average molecular weight is 422 g/mol. The van der Waals surface area contributed by atoms with Crippen molar-refractivity contribution in [2.24, 2.45) is 5.92 Å². The predicted octanol–water partition coefficient (Wildman–Crippen LogP) is 4.56. The molecule has 7 heteroatoms. The molecule has 146 valence electrons. The number of carbonyl (C=O) groups is 1. The monoisotopic (exact) mass is 420 g/mol. The molecule has 26 heavy (non-hydrogen) atoms. The van der Waals surface area contributed by atoms with Gasteiger partial charge in [-0.15, -0.1) is 12.4 Å². The van der Waals surface area contributed by atoms with E-state index in [1.165, 1.54) is 12.8 Å². The van der Waals surface area contributed by atoms with Crippen LogP contribution < -0.4 is 10.1 Å². The van der Waals surface area contributed by atoms with Crippen LogP contribution in [0.2, 0.25) is 10.0 Å². The molecule has 0 atom stereocenters. The number of nitrogens with one attached hydrogen (secondary N) is 1. The fourth-order valence-electron chi connectivity index (χ4n) is 3.14. The molecule has 1 aromatic carbocycles. The fraction of sp³-hybridized carbons (Fsp3) is 0.632. The number of benzene rings is 1. The molecule has 2 fully saturated rings. The van der Waals surface area contributed by atoms with E-state index in [-0.39, 0.29) is 18.3 Å². The summed E-state index contributed by atoms with van der Waals surface area (Å²) in [5.74, 6) is 1.75. The van der Waals surface area contributed by atoms with Gasteiger partial charge in [0.2, 0.25) is 5.91 Å². The molecular formula is C19H27Cl3N2O2. The van der Waals surface area contributed by atoms with Gasteiger partial charge >= 0.3 is 0 Å². The van der Waals surface area contributed by atoms with Crippen molar-refractivity contribution >= 4 is 41.5 Å². The normalized spacial score (nSPS) is 17.7. The van der Waals surface area contributed by atoms with Crippen molar-refractivity contribution in [1.29, 1.82) is 0 Å². The first-order valence-corrected chi connectivity index (χ1v) is 9.96. The Kier molecular flexibility index (Phi) is 8.82. The number of piperidine rings is 1. The first-order valence-electron chi connectivity index (χ1n) is 9.21. The number of carbonyl (C=O) groups excluding carboxylic acids is 1. The topological polar surface area (TPSA) is 41.6 Å². The molecule has 1 saturated heterocycles. The second-order valence-corrected chi connectivity index (χ2v) is 7.88. The minimum Gasteiger partial charge on any atom is -0.492 e. The van der Waals surface area contributed by atoms with Gasteiger partial charge in [-0.2, -0.15) is 0 Å². The van der Waals surface area contributed by atoms with E-state index in [0.29, 0.717) is 41.3 Å². The lowest BCUT2D eigenvalue weighted by Gasteiger charge is -2.32. The van der Waals surface area contributed by atoms with Crippen molar-refractivity contribution in [3.8, 4) is 5.75 Å². The second-order valence-electron chi connectivity index (χ2n) is 7.03. The minimum atomic E-state index is 0. The molecule has 1 heterocycles. The fourth-order valence-corrected chi connectivity index (χ4v) is 3.61. The zero-order chi connectivity index (χ0) is 17.6. The second kappa shape index (κ2) is 10.6. The maximum atomic E-state index is 12.3. The number of halogens is 3. The molecule has 1 aromatic rings. The van der Waals surface area contributed by atoms with E-state index in [0.717, 1.165) is 38.4 Å². The minimum absolute atomic E-state index is 0. The summed E-state index contributed by atoms with van der Waals surface area (Å²) in [5, 5.41) is 4.73. The van der Waals surface area contributed by atoms with Gasteiger partial charge in [-0.25, -0.2) is 0 Å². The zero-order valence-electron chi connectivity index (χ0n) is 14.9. The van der Waals surface area contributed by atoms with Crippen LogP contribution in [-0.2, 0) is 4.79 Å². The van der Waals surface area contributed by atoms with Crippen molar-refractivity contribution in [1.82, 2.24) is 10.2 Å². The number of likely N-dealkylation sites (tertiary alicyclic amines) is 1. The van der Waals surface area contributed by atoms with Crippen LogP contribution in [0.3, 0.4) is 0 Å². The lowest BCUT2D eigenvalue weighted by atomic mass is 10.0. The van der Waals surface area contributed by atoms with Gasteiger partial charge in [-0.05, 0) is 62.8 Å². The van der Waals surface area contributed by atoms with E-state index in [1.807, 2.05) is 4.90 Å². The van der Waals surface area contributed by atoms with E-state index in [4.69, 9.17) is 27.9 Å². The Morgan fingerprint density at radius 3 is 2.58 bits per heavy atom. The number of rotatable bonds is 8. The van der Waals surface area contributed by atoms with Crippen molar-refractivity contribution in [2.75, 3.05) is 26.2 Å². The summed E-state index contributed by atoms with van der Waals surface area (Å²) in [4.78, 5) is 14.3. The third-order valence-corrected chi connectivity index (χ3v) is 5.46. The highest BCUT2D eigenvalue weighted by molar-refractivity contribution is 6.35. The molecule has 1 aliphatic heterocycles. The molecule has 1 saturated carbocycles. The van der Waals surface area contributed by atoms with Crippen molar-refractivity contribution in [3.63, 3.8) is 0 Å². The van der Waals surface area contributed by atoms with Gasteiger partial charge in [0, 0.05) is 30.6 Å². The van der Waals surface area contributed by atoms with Crippen LogP contribution in [-0.4, -0.2) is 43.1 Å². The molecule has 4 nitrogen and oxygen atoms in total. The van der Waals surface area contributed by atoms with Crippen LogP contribution in [0.4, 0.5) is 0 Å². The molecule has 0 bridgehead atoms. The summed E-state index contributed by atoms with van der Waals surface area (Å²) in [6.07, 6.45) is 6.11. The van der Waals surface area contributed by atoms with Gasteiger partial charge in [0.15, 0.2) is 0 Å². The molecule has 0 spiro atoms. The van der Waals surface area contributed by atoms with Crippen LogP contribution in [0.15, 0.2) is 18.2 Å². The highest BCUT2D eigenvalue weighted by Gasteiger charge is 2.25. The Bertz CT molecular complexity index is 588. The molecule has 2 aliphatic rings. The van der Waals surface area contributed by atoms with Crippen LogP contribution in [0.1, 0.15) is 38.5 Å². The van der Waals surface area contributed by atoms with Gasteiger partial charge in [0.25, 0.3) is 0 Å². The van der Waals surface area contributed by atoms with E-state index in [1.54, 1.807) is 18.2 Å². The largest absolute Gasteiger partial charge is 0.492 e. The lowest BCUT2D eigenvalue weighted by Crippen LogP contribution is -2.45. The third kappa shape index (κ3) is 6.80. The quantitative estimate of drug-likeness (QED) is 0.625. The van der Waals surface area contributed by atoms with Crippen LogP contribution in [0.5, 0.6) is 5.75 Å². The first-order chi connectivity index (χ1) is 12.1. The summed E-state index contributed by atoms with van der Waals surface area (Å²) in [7, 11) is 0. The van der Waals surface area contributed by atoms with E-state index >= 15 is 0 Å². The lowest BCUT2D eigenvalue weighted by molar-refractivity contribution is -0.132.